The van der Waals surface area contributed by atoms with Crippen LogP contribution in [0.3, 0.4) is 0 Å². The van der Waals surface area contributed by atoms with E-state index in [2.05, 4.69) is 46.5 Å². The van der Waals surface area contributed by atoms with Gasteiger partial charge < -0.3 is 10.6 Å². The molecule has 1 atom stereocenters. The molecule has 2 aromatic rings. The second-order valence-electron chi connectivity index (χ2n) is 7.16. The molecule has 0 aliphatic carbocycles. The fourth-order valence-corrected chi connectivity index (χ4v) is 3.63. The summed E-state index contributed by atoms with van der Waals surface area (Å²) < 4.78 is 1.89. The second-order valence-corrected chi connectivity index (χ2v) is 8.01. The Morgan fingerprint density at radius 1 is 1.42 bits per heavy atom. The van der Waals surface area contributed by atoms with E-state index in [-0.39, 0.29) is 17.5 Å². The van der Waals surface area contributed by atoms with Crippen molar-refractivity contribution >= 4 is 17.4 Å². The van der Waals surface area contributed by atoms with Gasteiger partial charge in [0, 0.05) is 17.3 Å². The Morgan fingerprint density at radius 3 is 2.92 bits per heavy atom. The molecule has 2 aromatic heterocycles. The Morgan fingerprint density at radius 2 is 2.21 bits per heavy atom. The summed E-state index contributed by atoms with van der Waals surface area (Å²) in [4.78, 5) is 21.2. The van der Waals surface area contributed by atoms with E-state index in [1.165, 1.54) is 0 Å². The lowest BCUT2D eigenvalue weighted by Gasteiger charge is -2.23. The molecule has 0 bridgehead atoms. The minimum absolute atomic E-state index is 0.0369. The molecule has 24 heavy (non-hydrogen) atoms. The molecule has 3 heterocycles. The Balaban J connectivity index is 1.56. The molecule has 1 aliphatic heterocycles. The van der Waals surface area contributed by atoms with Crippen molar-refractivity contribution in [3.05, 3.63) is 27.7 Å². The molecule has 1 unspecified atom stereocenters. The molecule has 0 spiro atoms. The van der Waals surface area contributed by atoms with E-state index in [4.69, 9.17) is 0 Å². The number of aromatic nitrogens is 4. The molecule has 130 valence electrons. The maximum Gasteiger partial charge on any atom is 0.315 e. The molecule has 2 amide bonds. The predicted molar refractivity (Wildman–Crippen MR) is 92.9 cm³/mol. The molecular weight excluding hydrogens is 324 g/mol. The summed E-state index contributed by atoms with van der Waals surface area (Å²) in [6.07, 6.45) is 1.87. The highest BCUT2D eigenvalue weighted by Crippen LogP contribution is 2.25. The first kappa shape index (κ1) is 16.9. The number of rotatable bonds is 3. The van der Waals surface area contributed by atoms with Gasteiger partial charge in [-0.25, -0.2) is 19.4 Å². The standard InChI is InChI=1S/C16H24N6OS/c1-10-18-13-12(6-5-7-22(13)21-10)20-15(23)17-8-11-9-24-14(19-11)16(2,3)4/h9,12H,5-8H2,1-4H3,(H2,17,20,23). The van der Waals surface area contributed by atoms with Crippen LogP contribution in [-0.4, -0.2) is 25.8 Å². The Hall–Kier alpha value is -1.96. The minimum Gasteiger partial charge on any atom is -0.332 e. The number of fused-ring (bicyclic) bond motifs is 1. The van der Waals surface area contributed by atoms with Gasteiger partial charge in [0.15, 0.2) is 0 Å². The second kappa shape index (κ2) is 6.51. The van der Waals surface area contributed by atoms with Crippen molar-refractivity contribution in [2.24, 2.45) is 0 Å². The van der Waals surface area contributed by atoms with Gasteiger partial charge in [-0.15, -0.1) is 11.3 Å². The smallest absolute Gasteiger partial charge is 0.315 e. The molecule has 2 N–H and O–H groups in total. The van der Waals surface area contributed by atoms with Gasteiger partial charge in [-0.2, -0.15) is 5.10 Å². The summed E-state index contributed by atoms with van der Waals surface area (Å²) >= 11 is 1.63. The maximum atomic E-state index is 12.2. The summed E-state index contributed by atoms with van der Waals surface area (Å²) in [6, 6.07) is -0.278. The number of nitrogens with zero attached hydrogens (tertiary/aromatic N) is 4. The summed E-state index contributed by atoms with van der Waals surface area (Å²) in [5, 5.41) is 13.3. The predicted octanol–water partition coefficient (Wildman–Crippen LogP) is 2.67. The van der Waals surface area contributed by atoms with Crippen molar-refractivity contribution < 1.29 is 4.79 Å². The molecule has 0 radical (unpaired) electrons. The number of hydrogen-bond acceptors (Lipinski definition) is 5. The van der Waals surface area contributed by atoms with Crippen LogP contribution in [0.15, 0.2) is 5.38 Å². The van der Waals surface area contributed by atoms with Crippen LogP contribution in [0.1, 0.15) is 62.0 Å². The average molecular weight is 348 g/mol. The first-order chi connectivity index (χ1) is 11.3. The number of hydrogen-bond donors (Lipinski definition) is 2. The monoisotopic (exact) mass is 348 g/mol. The molecule has 0 saturated carbocycles. The molecule has 0 fully saturated rings. The SMILES string of the molecule is Cc1nc2n(n1)CCCC2NC(=O)NCc1csc(C(C)(C)C)n1. The third-order valence-corrected chi connectivity index (χ3v) is 5.23. The van der Waals surface area contributed by atoms with Crippen molar-refractivity contribution in [3.8, 4) is 0 Å². The van der Waals surface area contributed by atoms with Crippen LogP contribution in [-0.2, 0) is 18.5 Å². The summed E-state index contributed by atoms with van der Waals surface area (Å²) in [5.74, 6) is 1.59. The van der Waals surface area contributed by atoms with Gasteiger partial charge in [0.05, 0.1) is 23.3 Å². The van der Waals surface area contributed by atoms with E-state index in [9.17, 15) is 4.79 Å². The number of aryl methyl sites for hydroxylation is 2. The van der Waals surface area contributed by atoms with E-state index < -0.39 is 0 Å². The van der Waals surface area contributed by atoms with Crippen molar-refractivity contribution in [1.82, 2.24) is 30.4 Å². The summed E-state index contributed by atoms with van der Waals surface area (Å²) in [6.45, 7) is 9.57. The average Bonchev–Trinajstić information content (AvgIpc) is 3.10. The van der Waals surface area contributed by atoms with Crippen LogP contribution in [0.25, 0.3) is 0 Å². The first-order valence-corrected chi connectivity index (χ1v) is 9.11. The van der Waals surface area contributed by atoms with E-state index in [1.807, 2.05) is 17.0 Å². The van der Waals surface area contributed by atoms with E-state index in [0.717, 1.165) is 41.7 Å². The van der Waals surface area contributed by atoms with E-state index >= 15 is 0 Å². The number of carbonyl (C=O) groups excluding carboxylic acids is 1. The van der Waals surface area contributed by atoms with Crippen LogP contribution in [0, 0.1) is 6.92 Å². The largest absolute Gasteiger partial charge is 0.332 e. The lowest BCUT2D eigenvalue weighted by atomic mass is 9.98. The van der Waals surface area contributed by atoms with Crippen LogP contribution in [0.4, 0.5) is 4.79 Å². The Kier molecular flexibility index (Phi) is 4.58. The van der Waals surface area contributed by atoms with Crippen molar-refractivity contribution in [2.45, 2.75) is 65.1 Å². The third kappa shape index (κ3) is 3.75. The van der Waals surface area contributed by atoms with Crippen LogP contribution < -0.4 is 10.6 Å². The van der Waals surface area contributed by atoms with Gasteiger partial charge in [-0.1, -0.05) is 20.8 Å². The van der Waals surface area contributed by atoms with E-state index in [1.54, 1.807) is 11.3 Å². The van der Waals surface area contributed by atoms with Gasteiger partial charge >= 0.3 is 6.03 Å². The lowest BCUT2D eigenvalue weighted by molar-refractivity contribution is 0.232. The molecule has 7 nitrogen and oxygen atoms in total. The third-order valence-electron chi connectivity index (χ3n) is 3.91. The molecule has 1 aliphatic rings. The normalized spacial score (nSPS) is 17.4. The van der Waals surface area contributed by atoms with Crippen LogP contribution in [0.5, 0.6) is 0 Å². The maximum absolute atomic E-state index is 12.2. The van der Waals surface area contributed by atoms with Gasteiger partial charge in [0.2, 0.25) is 0 Å². The minimum atomic E-state index is -0.195. The molecule has 3 rings (SSSR count). The van der Waals surface area contributed by atoms with E-state index in [0.29, 0.717) is 6.54 Å². The molecule has 0 saturated heterocycles. The van der Waals surface area contributed by atoms with Gasteiger partial charge in [-0.3, -0.25) is 0 Å². The molecule has 8 heteroatoms. The van der Waals surface area contributed by atoms with Gasteiger partial charge in [0.25, 0.3) is 0 Å². The fourth-order valence-electron chi connectivity index (χ4n) is 2.72. The van der Waals surface area contributed by atoms with Gasteiger partial charge in [0.1, 0.15) is 11.6 Å². The van der Waals surface area contributed by atoms with Crippen molar-refractivity contribution in [2.75, 3.05) is 0 Å². The zero-order chi connectivity index (χ0) is 17.3. The van der Waals surface area contributed by atoms with Gasteiger partial charge in [-0.05, 0) is 19.8 Å². The topological polar surface area (TPSA) is 84.7 Å². The number of carbonyl (C=O) groups is 1. The highest BCUT2D eigenvalue weighted by molar-refractivity contribution is 7.09. The number of urea groups is 1. The van der Waals surface area contributed by atoms with Crippen molar-refractivity contribution in [3.63, 3.8) is 0 Å². The van der Waals surface area contributed by atoms with Crippen molar-refractivity contribution in [1.29, 1.82) is 0 Å². The zero-order valence-corrected chi connectivity index (χ0v) is 15.4. The Labute approximate surface area is 145 Å². The lowest BCUT2D eigenvalue weighted by Crippen LogP contribution is -2.40. The number of thiazole rings is 1. The number of amides is 2. The number of nitrogens with one attached hydrogen (secondary N) is 2. The quantitative estimate of drug-likeness (QED) is 0.893. The molecular formula is C16H24N6OS. The summed E-state index contributed by atoms with van der Waals surface area (Å²) in [5.41, 5.74) is 0.928. The highest BCUT2D eigenvalue weighted by Gasteiger charge is 2.25. The first-order valence-electron chi connectivity index (χ1n) is 8.23. The molecule has 0 aromatic carbocycles. The Bertz CT molecular complexity index is 729. The zero-order valence-electron chi connectivity index (χ0n) is 14.6. The fraction of sp³-hybridized carbons (Fsp3) is 0.625. The van der Waals surface area contributed by atoms with Crippen LogP contribution in [0.2, 0.25) is 0 Å². The summed E-state index contributed by atoms with van der Waals surface area (Å²) in [7, 11) is 0. The van der Waals surface area contributed by atoms with Crippen LogP contribution >= 0.6 is 11.3 Å². The highest BCUT2D eigenvalue weighted by atomic mass is 32.1.